The summed E-state index contributed by atoms with van der Waals surface area (Å²) in [5, 5.41) is 1.55. The third-order valence-corrected chi connectivity index (χ3v) is 2.75. The van der Waals surface area contributed by atoms with Crippen LogP contribution in [-0.2, 0) is 0 Å². The Kier molecular flexibility index (Phi) is 2.74. The zero-order valence-electron chi connectivity index (χ0n) is 8.42. The van der Waals surface area contributed by atoms with Gasteiger partial charge in [0.05, 0.1) is 16.1 Å². The number of carbonyl (C=O) groups is 1. The quantitative estimate of drug-likeness (QED) is 0.851. The van der Waals surface area contributed by atoms with Crippen LogP contribution in [0.2, 0.25) is 10.0 Å². The molecule has 1 aromatic heterocycles. The van der Waals surface area contributed by atoms with Gasteiger partial charge in [-0.2, -0.15) is 0 Å². The van der Waals surface area contributed by atoms with E-state index in [1.807, 2.05) is 0 Å². The molecule has 2 aromatic rings. The lowest BCUT2D eigenvalue weighted by molar-refractivity contribution is 0.100. The molecule has 1 heterocycles. The van der Waals surface area contributed by atoms with Crippen LogP contribution in [0.25, 0.3) is 10.9 Å². The number of amides is 1. The predicted molar refractivity (Wildman–Crippen MR) is 65.0 cm³/mol. The lowest BCUT2D eigenvalue weighted by Crippen LogP contribution is -2.12. The van der Waals surface area contributed by atoms with E-state index in [1.54, 1.807) is 19.1 Å². The Morgan fingerprint density at radius 3 is 2.62 bits per heavy atom. The van der Waals surface area contributed by atoms with Gasteiger partial charge in [0.15, 0.2) is 0 Å². The predicted octanol–water partition coefficient (Wildman–Crippen LogP) is 2.95. The third-order valence-electron chi connectivity index (χ3n) is 2.22. The van der Waals surface area contributed by atoms with E-state index >= 15 is 0 Å². The summed E-state index contributed by atoms with van der Waals surface area (Å²) < 4.78 is 0. The zero-order valence-corrected chi connectivity index (χ0v) is 9.93. The Morgan fingerprint density at radius 1 is 1.31 bits per heavy atom. The van der Waals surface area contributed by atoms with Gasteiger partial charge in [-0.1, -0.05) is 23.2 Å². The van der Waals surface area contributed by atoms with E-state index in [-0.39, 0.29) is 5.56 Å². The number of fused-ring (bicyclic) bond motifs is 1. The molecule has 0 aliphatic heterocycles. The molecule has 0 aliphatic rings. The van der Waals surface area contributed by atoms with E-state index in [2.05, 4.69) is 4.98 Å². The van der Waals surface area contributed by atoms with Crippen LogP contribution in [0.4, 0.5) is 0 Å². The second-order valence-electron chi connectivity index (χ2n) is 3.46. The van der Waals surface area contributed by atoms with Crippen molar-refractivity contribution >= 4 is 40.0 Å². The second kappa shape index (κ2) is 3.92. The molecule has 0 aliphatic carbocycles. The number of hydrogen-bond donors (Lipinski definition) is 1. The fourth-order valence-corrected chi connectivity index (χ4v) is 2.08. The fourth-order valence-electron chi connectivity index (χ4n) is 1.56. The Bertz CT molecular complexity index is 596. The number of nitrogens with zero attached hydrogens (tertiary/aromatic N) is 1. The number of benzene rings is 1. The van der Waals surface area contributed by atoms with Crippen LogP contribution in [0.3, 0.4) is 0 Å². The molecular formula is C11H8Cl2N2O. The average Bonchev–Trinajstić information content (AvgIpc) is 2.18. The Morgan fingerprint density at radius 2 is 2.00 bits per heavy atom. The summed E-state index contributed by atoms with van der Waals surface area (Å²) in [4.78, 5) is 15.5. The zero-order chi connectivity index (χ0) is 11.9. The highest BCUT2D eigenvalue weighted by atomic mass is 35.5. The average molecular weight is 255 g/mol. The van der Waals surface area contributed by atoms with Crippen LogP contribution >= 0.6 is 23.2 Å². The minimum absolute atomic E-state index is 0.285. The van der Waals surface area contributed by atoms with Gasteiger partial charge in [-0.25, -0.2) is 0 Å². The van der Waals surface area contributed by atoms with Crippen LogP contribution in [0, 0.1) is 6.92 Å². The van der Waals surface area contributed by atoms with Gasteiger partial charge in [-0.3, -0.25) is 9.78 Å². The summed E-state index contributed by atoms with van der Waals surface area (Å²) in [7, 11) is 0. The molecule has 0 fully saturated rings. The molecule has 0 radical (unpaired) electrons. The first kappa shape index (κ1) is 11.2. The van der Waals surface area contributed by atoms with Crippen LogP contribution in [-0.4, -0.2) is 10.9 Å². The van der Waals surface area contributed by atoms with Gasteiger partial charge in [-0.15, -0.1) is 0 Å². The first-order valence-corrected chi connectivity index (χ1v) is 5.31. The van der Waals surface area contributed by atoms with Crippen LogP contribution in [0.1, 0.15) is 16.1 Å². The van der Waals surface area contributed by atoms with E-state index in [1.165, 1.54) is 6.07 Å². The number of rotatable bonds is 1. The number of halogens is 2. The number of nitrogens with two attached hydrogens (primary N) is 1. The smallest absolute Gasteiger partial charge is 0.250 e. The van der Waals surface area contributed by atoms with Gasteiger partial charge in [-0.05, 0) is 25.1 Å². The van der Waals surface area contributed by atoms with Crippen molar-refractivity contribution in [2.24, 2.45) is 5.73 Å². The molecule has 1 aromatic carbocycles. The minimum Gasteiger partial charge on any atom is -0.366 e. The molecule has 0 saturated carbocycles. The first-order valence-electron chi connectivity index (χ1n) is 4.55. The maximum Gasteiger partial charge on any atom is 0.250 e. The van der Waals surface area contributed by atoms with Crippen molar-refractivity contribution in [1.82, 2.24) is 4.98 Å². The van der Waals surface area contributed by atoms with Gasteiger partial charge in [0.1, 0.15) is 0 Å². The molecule has 2 rings (SSSR count). The van der Waals surface area contributed by atoms with Gasteiger partial charge in [0.2, 0.25) is 0 Å². The van der Waals surface area contributed by atoms with Crippen molar-refractivity contribution in [3.63, 3.8) is 0 Å². The van der Waals surface area contributed by atoms with Crippen molar-refractivity contribution in [1.29, 1.82) is 0 Å². The molecule has 82 valence electrons. The minimum atomic E-state index is -0.568. The van der Waals surface area contributed by atoms with E-state index in [4.69, 9.17) is 28.9 Å². The Hall–Kier alpha value is -1.32. The van der Waals surface area contributed by atoms with Crippen molar-refractivity contribution in [3.05, 3.63) is 39.5 Å². The summed E-state index contributed by atoms with van der Waals surface area (Å²) in [5.74, 6) is -0.568. The molecule has 5 heteroatoms. The molecule has 3 nitrogen and oxygen atoms in total. The highest BCUT2D eigenvalue weighted by Crippen LogP contribution is 2.28. The standard InChI is InChI=1S/C11H8Cl2N2O/c1-5-2-9(13)7-3-6(12)4-8(11(14)16)10(7)15-5/h2-4H,1H3,(H2,14,16). The Labute approximate surface area is 102 Å². The van der Waals surface area contributed by atoms with E-state index in [0.29, 0.717) is 20.9 Å². The van der Waals surface area contributed by atoms with Crippen molar-refractivity contribution in [2.75, 3.05) is 0 Å². The number of aryl methyl sites for hydroxylation is 1. The van der Waals surface area contributed by atoms with E-state index < -0.39 is 5.91 Å². The summed E-state index contributed by atoms with van der Waals surface area (Å²) in [6, 6.07) is 4.87. The highest BCUT2D eigenvalue weighted by molar-refractivity contribution is 6.37. The number of primary amides is 1. The largest absolute Gasteiger partial charge is 0.366 e. The molecule has 0 spiro atoms. The normalized spacial score (nSPS) is 10.7. The van der Waals surface area contributed by atoms with Crippen molar-refractivity contribution in [2.45, 2.75) is 6.92 Å². The second-order valence-corrected chi connectivity index (χ2v) is 4.30. The molecule has 2 N–H and O–H groups in total. The van der Waals surface area contributed by atoms with Crippen molar-refractivity contribution in [3.8, 4) is 0 Å². The summed E-state index contributed by atoms with van der Waals surface area (Å²) in [6.07, 6.45) is 0. The number of aromatic nitrogens is 1. The van der Waals surface area contributed by atoms with Crippen molar-refractivity contribution < 1.29 is 4.79 Å². The number of pyridine rings is 1. The molecule has 0 saturated heterocycles. The summed E-state index contributed by atoms with van der Waals surface area (Å²) in [6.45, 7) is 1.80. The third kappa shape index (κ3) is 1.84. The molecule has 0 bridgehead atoms. The SMILES string of the molecule is Cc1cc(Cl)c2cc(Cl)cc(C(N)=O)c2n1. The highest BCUT2D eigenvalue weighted by Gasteiger charge is 2.12. The lowest BCUT2D eigenvalue weighted by Gasteiger charge is -2.06. The van der Waals surface area contributed by atoms with E-state index in [9.17, 15) is 4.79 Å². The molecule has 0 unspecified atom stereocenters. The van der Waals surface area contributed by atoms with Crippen LogP contribution in [0.15, 0.2) is 18.2 Å². The van der Waals surface area contributed by atoms with Gasteiger partial charge < -0.3 is 5.73 Å². The molecular weight excluding hydrogens is 247 g/mol. The van der Waals surface area contributed by atoms with Gasteiger partial charge in [0, 0.05) is 16.1 Å². The Balaban J connectivity index is 2.95. The van der Waals surface area contributed by atoms with Gasteiger partial charge >= 0.3 is 0 Å². The number of hydrogen-bond acceptors (Lipinski definition) is 2. The van der Waals surface area contributed by atoms with Crippen LogP contribution in [0.5, 0.6) is 0 Å². The monoisotopic (exact) mass is 254 g/mol. The summed E-state index contributed by atoms with van der Waals surface area (Å²) in [5.41, 5.74) is 6.77. The topological polar surface area (TPSA) is 56.0 Å². The molecule has 1 amide bonds. The molecule has 16 heavy (non-hydrogen) atoms. The summed E-state index contributed by atoms with van der Waals surface area (Å²) >= 11 is 11.9. The number of carbonyl (C=O) groups excluding carboxylic acids is 1. The first-order chi connectivity index (χ1) is 7.49. The maximum atomic E-state index is 11.3. The maximum absolute atomic E-state index is 11.3. The molecule has 0 atom stereocenters. The lowest BCUT2D eigenvalue weighted by atomic mass is 10.1. The van der Waals surface area contributed by atoms with Gasteiger partial charge in [0.25, 0.3) is 5.91 Å². The fraction of sp³-hybridized carbons (Fsp3) is 0.0909. The van der Waals surface area contributed by atoms with Crippen LogP contribution < -0.4 is 5.73 Å². The van der Waals surface area contributed by atoms with E-state index in [0.717, 1.165) is 5.69 Å².